The van der Waals surface area contributed by atoms with E-state index in [9.17, 15) is 0 Å². The van der Waals surface area contributed by atoms with Gasteiger partial charge in [-0.2, -0.15) is 0 Å². The van der Waals surface area contributed by atoms with Crippen molar-refractivity contribution in [2.24, 2.45) is 0 Å². The molecule has 0 aliphatic rings. The summed E-state index contributed by atoms with van der Waals surface area (Å²) in [5.41, 5.74) is 0. The molecular weight excluding hydrogens is 210 g/mol. The van der Waals surface area contributed by atoms with Crippen LogP contribution in [-0.2, 0) is 9.47 Å². The van der Waals surface area contributed by atoms with E-state index < -0.39 is 0 Å². The quantitative estimate of drug-likeness (QED) is 0.760. The maximum Gasteiger partial charge on any atom is 0.171 e. The molecule has 0 saturated heterocycles. The molecule has 4 heteroatoms. The summed E-state index contributed by atoms with van der Waals surface area (Å²) < 4.78 is 10.4. The normalized spacial score (nSPS) is 15.5. The minimum absolute atomic E-state index is 0.164. The molecule has 1 aromatic heterocycles. The molecule has 1 N–H and O–H groups in total. The maximum absolute atomic E-state index is 5.20. The largest absolute Gasteiger partial charge is 0.354 e. The first-order chi connectivity index (χ1) is 7.19. The van der Waals surface area contributed by atoms with E-state index in [1.165, 1.54) is 4.88 Å². The first kappa shape index (κ1) is 12.6. The molecule has 0 saturated carbocycles. The Balaban J connectivity index is 2.47. The number of methoxy groups -OCH3 is 2. The van der Waals surface area contributed by atoms with Crippen molar-refractivity contribution in [3.05, 3.63) is 22.4 Å². The highest BCUT2D eigenvalue weighted by Crippen LogP contribution is 2.19. The third kappa shape index (κ3) is 3.57. The molecule has 0 spiro atoms. The predicted octanol–water partition coefficient (Wildman–Crippen LogP) is 2.41. The number of nitrogens with one attached hydrogen (secondary N) is 1. The summed E-state index contributed by atoms with van der Waals surface area (Å²) in [4.78, 5) is 1.33. The van der Waals surface area contributed by atoms with Crippen molar-refractivity contribution in [1.82, 2.24) is 5.32 Å². The van der Waals surface area contributed by atoms with Crippen LogP contribution in [0.4, 0.5) is 0 Å². The molecule has 0 fully saturated rings. The molecule has 2 atom stereocenters. The van der Waals surface area contributed by atoms with Crippen molar-refractivity contribution < 1.29 is 9.47 Å². The number of hydrogen-bond acceptors (Lipinski definition) is 4. The van der Waals surface area contributed by atoms with Crippen LogP contribution in [0.2, 0.25) is 0 Å². The van der Waals surface area contributed by atoms with Crippen molar-refractivity contribution in [2.75, 3.05) is 14.2 Å². The van der Waals surface area contributed by atoms with E-state index in [0.29, 0.717) is 6.04 Å². The summed E-state index contributed by atoms with van der Waals surface area (Å²) in [6.45, 7) is 4.20. The standard InChI is InChI=1S/C11H19NO2S/c1-8(10-6-5-7-15-10)12-9(2)11(13-3)14-4/h5-9,11-12H,1-4H3/t8-,9?/m1/s1. The van der Waals surface area contributed by atoms with Gasteiger partial charge in [0.25, 0.3) is 0 Å². The Labute approximate surface area is 95.4 Å². The van der Waals surface area contributed by atoms with Gasteiger partial charge in [-0.25, -0.2) is 0 Å². The van der Waals surface area contributed by atoms with E-state index in [1.807, 2.05) is 0 Å². The molecule has 0 radical (unpaired) electrons. The Hall–Kier alpha value is -0.420. The van der Waals surface area contributed by atoms with Gasteiger partial charge in [0.05, 0.1) is 6.04 Å². The number of thiophene rings is 1. The van der Waals surface area contributed by atoms with E-state index in [4.69, 9.17) is 9.47 Å². The van der Waals surface area contributed by atoms with Gasteiger partial charge in [-0.05, 0) is 25.3 Å². The molecule has 3 nitrogen and oxygen atoms in total. The number of rotatable bonds is 6. The molecule has 1 heterocycles. The van der Waals surface area contributed by atoms with E-state index in [-0.39, 0.29) is 12.3 Å². The zero-order chi connectivity index (χ0) is 11.3. The van der Waals surface area contributed by atoms with Crippen LogP contribution >= 0.6 is 11.3 Å². The second-order valence-electron chi connectivity index (χ2n) is 3.53. The molecule has 0 aliphatic carbocycles. The lowest BCUT2D eigenvalue weighted by Crippen LogP contribution is -2.40. The van der Waals surface area contributed by atoms with Crippen LogP contribution < -0.4 is 5.32 Å². The van der Waals surface area contributed by atoms with Crippen LogP contribution in [0.3, 0.4) is 0 Å². The fourth-order valence-electron chi connectivity index (χ4n) is 1.60. The zero-order valence-corrected chi connectivity index (χ0v) is 10.5. The van der Waals surface area contributed by atoms with Crippen molar-refractivity contribution in [1.29, 1.82) is 0 Å². The average molecular weight is 229 g/mol. The molecule has 1 unspecified atom stereocenters. The topological polar surface area (TPSA) is 30.5 Å². The summed E-state index contributed by atoms with van der Waals surface area (Å²) in [5, 5.41) is 5.53. The summed E-state index contributed by atoms with van der Waals surface area (Å²) in [5.74, 6) is 0. The molecule has 86 valence electrons. The highest BCUT2D eigenvalue weighted by atomic mass is 32.1. The van der Waals surface area contributed by atoms with Crippen molar-refractivity contribution in [3.63, 3.8) is 0 Å². The van der Waals surface area contributed by atoms with Gasteiger partial charge in [0.1, 0.15) is 0 Å². The van der Waals surface area contributed by atoms with Gasteiger partial charge in [-0.1, -0.05) is 6.07 Å². The minimum Gasteiger partial charge on any atom is -0.354 e. The summed E-state index contributed by atoms with van der Waals surface area (Å²) >= 11 is 1.76. The van der Waals surface area contributed by atoms with Gasteiger partial charge in [0.15, 0.2) is 6.29 Å². The summed E-state index contributed by atoms with van der Waals surface area (Å²) in [6.07, 6.45) is -0.201. The van der Waals surface area contributed by atoms with Gasteiger partial charge < -0.3 is 14.8 Å². The van der Waals surface area contributed by atoms with E-state index >= 15 is 0 Å². The SMILES string of the molecule is COC(OC)C(C)N[C@H](C)c1cccs1. The first-order valence-corrected chi connectivity index (χ1v) is 5.92. The Morgan fingerprint density at radius 1 is 1.27 bits per heavy atom. The maximum atomic E-state index is 5.20. The van der Waals surface area contributed by atoms with Crippen LogP contribution in [0.5, 0.6) is 0 Å². The third-order valence-corrected chi connectivity index (χ3v) is 3.41. The lowest BCUT2D eigenvalue weighted by atomic mass is 10.2. The summed E-state index contributed by atoms with van der Waals surface area (Å²) in [7, 11) is 3.31. The lowest BCUT2D eigenvalue weighted by molar-refractivity contribution is -0.120. The molecule has 0 amide bonds. The van der Waals surface area contributed by atoms with Crippen molar-refractivity contribution >= 4 is 11.3 Å². The Kier molecular flexibility index (Phi) is 5.25. The van der Waals surface area contributed by atoms with Gasteiger partial charge in [-0.15, -0.1) is 11.3 Å². The van der Waals surface area contributed by atoms with Crippen LogP contribution in [0.25, 0.3) is 0 Å². The Morgan fingerprint density at radius 2 is 1.93 bits per heavy atom. The second kappa shape index (κ2) is 6.23. The Bertz CT molecular complexity index is 260. The molecule has 0 aliphatic heterocycles. The molecular formula is C11H19NO2S. The Morgan fingerprint density at radius 3 is 2.40 bits per heavy atom. The highest BCUT2D eigenvalue weighted by molar-refractivity contribution is 7.10. The smallest absolute Gasteiger partial charge is 0.171 e. The first-order valence-electron chi connectivity index (χ1n) is 5.04. The van der Waals surface area contributed by atoms with Crippen LogP contribution in [0.1, 0.15) is 24.8 Å². The van der Waals surface area contributed by atoms with Crippen molar-refractivity contribution in [2.45, 2.75) is 32.2 Å². The van der Waals surface area contributed by atoms with Crippen LogP contribution in [0.15, 0.2) is 17.5 Å². The van der Waals surface area contributed by atoms with Crippen LogP contribution in [-0.4, -0.2) is 26.6 Å². The third-order valence-electron chi connectivity index (χ3n) is 2.36. The number of hydrogen-bond donors (Lipinski definition) is 1. The highest BCUT2D eigenvalue weighted by Gasteiger charge is 2.18. The predicted molar refractivity (Wildman–Crippen MR) is 63.1 cm³/mol. The number of ether oxygens (including phenoxy) is 2. The van der Waals surface area contributed by atoms with Gasteiger partial charge in [0.2, 0.25) is 0 Å². The molecule has 0 bridgehead atoms. The van der Waals surface area contributed by atoms with Gasteiger partial charge in [-0.3, -0.25) is 0 Å². The van der Waals surface area contributed by atoms with E-state index in [0.717, 1.165) is 0 Å². The molecule has 0 aromatic carbocycles. The lowest BCUT2D eigenvalue weighted by Gasteiger charge is -2.25. The van der Waals surface area contributed by atoms with Gasteiger partial charge in [0, 0.05) is 25.1 Å². The average Bonchev–Trinajstić information content (AvgIpc) is 2.72. The monoisotopic (exact) mass is 229 g/mol. The molecule has 1 rings (SSSR count). The van der Waals surface area contributed by atoms with E-state index in [1.54, 1.807) is 25.6 Å². The summed E-state index contributed by atoms with van der Waals surface area (Å²) in [6, 6.07) is 4.68. The fraction of sp³-hybridized carbons (Fsp3) is 0.636. The van der Waals surface area contributed by atoms with Gasteiger partial charge >= 0.3 is 0 Å². The minimum atomic E-state index is -0.201. The molecule has 1 aromatic rings. The van der Waals surface area contributed by atoms with Crippen LogP contribution in [0, 0.1) is 0 Å². The van der Waals surface area contributed by atoms with E-state index in [2.05, 4.69) is 36.7 Å². The molecule has 15 heavy (non-hydrogen) atoms. The zero-order valence-electron chi connectivity index (χ0n) is 9.69. The second-order valence-corrected chi connectivity index (χ2v) is 4.51. The fourth-order valence-corrected chi connectivity index (χ4v) is 2.34. The van der Waals surface area contributed by atoms with Crippen molar-refractivity contribution in [3.8, 4) is 0 Å².